The third kappa shape index (κ3) is 11.1. The van der Waals surface area contributed by atoms with Gasteiger partial charge in [-0.3, -0.25) is 38.7 Å². The maximum atomic E-state index is 14.6. The molecule has 3 heterocycles. The highest BCUT2D eigenvalue weighted by molar-refractivity contribution is 6.38. The lowest BCUT2D eigenvalue weighted by Gasteiger charge is -2.37. The average Bonchev–Trinajstić information content (AvgIpc) is 3.60. The van der Waals surface area contributed by atoms with Crippen molar-refractivity contribution in [3.05, 3.63) is 54.4 Å². The van der Waals surface area contributed by atoms with Gasteiger partial charge in [0.25, 0.3) is 11.8 Å². The summed E-state index contributed by atoms with van der Waals surface area (Å²) in [6.07, 6.45) is 14.6. The minimum atomic E-state index is -1.08. The summed E-state index contributed by atoms with van der Waals surface area (Å²) in [7, 11) is 0. The molecule has 54 heavy (non-hydrogen) atoms. The molecule has 14 heteroatoms. The van der Waals surface area contributed by atoms with Crippen LogP contribution in [-0.4, -0.2) is 85.9 Å². The summed E-state index contributed by atoms with van der Waals surface area (Å²) < 4.78 is 0. The molecule has 1 saturated carbocycles. The maximum Gasteiger partial charge on any atom is 0.290 e. The molecule has 4 N–H and O–H groups in total. The van der Waals surface area contributed by atoms with Crippen molar-refractivity contribution in [2.75, 3.05) is 6.54 Å². The summed E-state index contributed by atoms with van der Waals surface area (Å²) in [6, 6.07) is -0.890. The molecule has 294 valence electrons. The number of hydrogen-bond donors (Lipinski definition) is 4. The minimum Gasteiger partial charge on any atom is -0.344 e. The van der Waals surface area contributed by atoms with E-state index < -0.39 is 70.9 Å². The van der Waals surface area contributed by atoms with Crippen molar-refractivity contribution in [3.63, 3.8) is 0 Å². The van der Waals surface area contributed by atoms with Crippen LogP contribution in [0.3, 0.4) is 0 Å². The van der Waals surface area contributed by atoms with Crippen molar-refractivity contribution in [2.24, 2.45) is 17.3 Å². The Labute approximate surface area is 318 Å². The van der Waals surface area contributed by atoms with Crippen LogP contribution in [0.5, 0.6) is 0 Å². The quantitative estimate of drug-likeness (QED) is 0.185. The Balaban J connectivity index is 1.54. The van der Waals surface area contributed by atoms with Gasteiger partial charge in [-0.25, -0.2) is 4.98 Å². The van der Waals surface area contributed by atoms with E-state index in [1.54, 1.807) is 31.5 Å². The largest absolute Gasteiger partial charge is 0.344 e. The summed E-state index contributed by atoms with van der Waals surface area (Å²) >= 11 is 0. The number of carbonyl (C=O) groups excluding carboxylic acids is 6. The first-order chi connectivity index (χ1) is 25.7. The molecular weight excluding hydrogens is 688 g/mol. The predicted molar refractivity (Wildman–Crippen MR) is 202 cm³/mol. The number of Topliss-reactive ketones (excluding diaryl/α,β-unsaturated/α-hetero) is 1. The normalized spacial score (nSPS) is 19.9. The second kappa shape index (κ2) is 19.5. The van der Waals surface area contributed by atoms with Gasteiger partial charge >= 0.3 is 0 Å². The van der Waals surface area contributed by atoms with Crippen molar-refractivity contribution < 1.29 is 28.8 Å². The molecule has 1 saturated heterocycles. The van der Waals surface area contributed by atoms with Gasteiger partial charge in [0.15, 0.2) is 0 Å². The summed E-state index contributed by atoms with van der Waals surface area (Å²) in [5, 5.41) is 11.4. The molecule has 2 aliphatic rings. The number of nitrogens with one attached hydrogen (secondary N) is 4. The lowest BCUT2D eigenvalue weighted by Crippen LogP contribution is -2.62. The van der Waals surface area contributed by atoms with Crippen LogP contribution in [0.2, 0.25) is 0 Å². The molecule has 2 aromatic rings. The van der Waals surface area contributed by atoms with Gasteiger partial charge in [-0.05, 0) is 74.0 Å². The number of pyridine rings is 1. The highest BCUT2D eigenvalue weighted by atomic mass is 16.2. The Morgan fingerprint density at radius 2 is 1.57 bits per heavy atom. The van der Waals surface area contributed by atoms with Gasteiger partial charge in [0.2, 0.25) is 23.5 Å². The number of hydrogen-bond acceptors (Lipinski definition) is 9. The van der Waals surface area contributed by atoms with Crippen LogP contribution in [0.25, 0.3) is 0 Å². The molecule has 1 aliphatic carbocycles. The first kappa shape index (κ1) is 42.0. The van der Waals surface area contributed by atoms with Gasteiger partial charge in [0, 0.05) is 31.3 Å². The van der Waals surface area contributed by atoms with Crippen molar-refractivity contribution >= 4 is 35.3 Å². The molecule has 5 amide bonds. The van der Waals surface area contributed by atoms with Crippen LogP contribution in [0, 0.1) is 17.3 Å². The van der Waals surface area contributed by atoms with Crippen LogP contribution >= 0.6 is 0 Å². The maximum absolute atomic E-state index is 14.6. The first-order valence-corrected chi connectivity index (χ1v) is 19.5. The predicted octanol–water partition coefficient (Wildman–Crippen LogP) is 3.83. The lowest BCUT2D eigenvalue weighted by atomic mass is 9.82. The van der Waals surface area contributed by atoms with E-state index in [2.05, 4.69) is 36.2 Å². The van der Waals surface area contributed by atoms with Crippen molar-refractivity contribution in [3.8, 4) is 0 Å². The zero-order valence-corrected chi connectivity index (χ0v) is 32.6. The van der Waals surface area contributed by atoms with Crippen molar-refractivity contribution in [1.82, 2.24) is 41.1 Å². The molecule has 0 bridgehead atoms. The smallest absolute Gasteiger partial charge is 0.290 e. The van der Waals surface area contributed by atoms with E-state index in [1.165, 1.54) is 23.5 Å². The molecule has 0 aromatic carbocycles. The zero-order valence-electron chi connectivity index (χ0n) is 32.6. The van der Waals surface area contributed by atoms with Crippen LogP contribution in [0.1, 0.15) is 128 Å². The molecule has 4 rings (SSSR count). The van der Waals surface area contributed by atoms with Crippen LogP contribution in [0.4, 0.5) is 0 Å². The molecule has 1 aliphatic heterocycles. The molecular formula is C40H58N8O6. The van der Waals surface area contributed by atoms with E-state index in [0.717, 1.165) is 50.5 Å². The standard InChI is InChI=1S/C40H58N8O6/c1-7-12-26-22-31(36(51)45-29(13-8-2)33(49)38(53)44-25(3)27-16-18-41-19-17-27)48(24-26)39(54)34(40(4,5)6)47-37(52)32(28-14-10-9-11-15-28)46-35(50)30-23-42-20-21-43-30/h16-21,23,25-26,28-29,31-32,34H,7-15,22,24H2,1-6H3,(H,44,53)(H,45,51)(H,46,50)(H,47,52)/t25-,26?,29-,31+,32-,34-/m1/s1. The number of rotatable bonds is 16. The number of nitrogens with zero attached hydrogens (tertiary/aromatic N) is 4. The molecule has 1 unspecified atom stereocenters. The van der Waals surface area contributed by atoms with Crippen molar-refractivity contribution in [2.45, 2.75) is 136 Å². The second-order valence-electron chi connectivity index (χ2n) is 15.8. The Kier molecular flexibility index (Phi) is 15.2. The van der Waals surface area contributed by atoms with E-state index in [0.29, 0.717) is 19.4 Å². The highest BCUT2D eigenvalue weighted by Crippen LogP contribution is 2.32. The SMILES string of the molecule is CCCC1C[C@@H](C(=O)N[C@H](CCC)C(=O)C(=O)N[C@H](C)c2ccncc2)N(C(=O)[C@@H](NC(=O)[C@H](NC(=O)c2cnccn2)C2CCCCC2)C(C)(C)C)C1. The fraction of sp³-hybridized carbons (Fsp3) is 0.625. The molecule has 0 spiro atoms. The number of ketones is 1. The minimum absolute atomic E-state index is 0.0251. The summed E-state index contributed by atoms with van der Waals surface area (Å²) in [5.41, 5.74) is 0.0956. The number of amides is 5. The van der Waals surface area contributed by atoms with Gasteiger partial charge in [-0.1, -0.05) is 66.7 Å². The highest BCUT2D eigenvalue weighted by Gasteiger charge is 2.46. The van der Waals surface area contributed by atoms with Gasteiger partial charge in [-0.15, -0.1) is 0 Å². The lowest BCUT2D eigenvalue weighted by molar-refractivity contribution is -0.145. The van der Waals surface area contributed by atoms with Gasteiger partial charge in [0.05, 0.1) is 18.3 Å². The molecule has 2 aromatic heterocycles. The summed E-state index contributed by atoms with van der Waals surface area (Å²) in [4.78, 5) is 96.3. The number of carbonyl (C=O) groups is 6. The Morgan fingerprint density at radius 3 is 2.19 bits per heavy atom. The Morgan fingerprint density at radius 1 is 0.870 bits per heavy atom. The average molecular weight is 747 g/mol. The van der Waals surface area contributed by atoms with Gasteiger partial charge < -0.3 is 26.2 Å². The summed E-state index contributed by atoms with van der Waals surface area (Å²) in [5.74, 6) is -3.61. The zero-order chi connectivity index (χ0) is 39.4. The first-order valence-electron chi connectivity index (χ1n) is 19.5. The van der Waals surface area contributed by atoms with E-state index in [4.69, 9.17) is 0 Å². The van der Waals surface area contributed by atoms with Gasteiger partial charge in [0.1, 0.15) is 23.8 Å². The van der Waals surface area contributed by atoms with E-state index >= 15 is 0 Å². The number of likely N-dealkylation sites (tertiary alicyclic amines) is 1. The fourth-order valence-electron chi connectivity index (χ4n) is 7.56. The molecule has 6 atom stereocenters. The Hall–Kier alpha value is -4.75. The van der Waals surface area contributed by atoms with Crippen LogP contribution < -0.4 is 21.3 Å². The monoisotopic (exact) mass is 746 g/mol. The number of aromatic nitrogens is 3. The van der Waals surface area contributed by atoms with E-state index in [1.807, 2.05) is 34.6 Å². The molecule has 0 radical (unpaired) electrons. The molecule has 2 fully saturated rings. The third-order valence-corrected chi connectivity index (χ3v) is 10.5. The molecule has 14 nitrogen and oxygen atoms in total. The third-order valence-electron chi connectivity index (χ3n) is 10.5. The van der Waals surface area contributed by atoms with Crippen LogP contribution in [-0.2, 0) is 24.0 Å². The Bertz CT molecular complexity index is 1590. The van der Waals surface area contributed by atoms with E-state index in [9.17, 15) is 28.8 Å². The van der Waals surface area contributed by atoms with E-state index in [-0.39, 0.29) is 24.0 Å². The van der Waals surface area contributed by atoms with Crippen LogP contribution in [0.15, 0.2) is 43.1 Å². The van der Waals surface area contributed by atoms with Crippen molar-refractivity contribution in [1.29, 1.82) is 0 Å². The second-order valence-corrected chi connectivity index (χ2v) is 15.8. The topological polar surface area (TPSA) is 192 Å². The summed E-state index contributed by atoms with van der Waals surface area (Å²) in [6.45, 7) is 11.5. The fourth-order valence-corrected chi connectivity index (χ4v) is 7.56. The van der Waals surface area contributed by atoms with Gasteiger partial charge in [-0.2, -0.15) is 0 Å².